The van der Waals surface area contributed by atoms with Crippen molar-refractivity contribution in [3.8, 4) is 0 Å². The Morgan fingerprint density at radius 2 is 1.93 bits per heavy atom. The van der Waals surface area contributed by atoms with E-state index in [1.807, 2.05) is 0 Å². The second-order valence-electron chi connectivity index (χ2n) is 6.91. The van der Waals surface area contributed by atoms with E-state index in [1.165, 1.54) is 13.8 Å². The second kappa shape index (κ2) is 8.02. The van der Waals surface area contributed by atoms with E-state index in [4.69, 9.17) is 4.74 Å². The number of benzene rings is 1. The molecule has 1 saturated carbocycles. The lowest BCUT2D eigenvalue weighted by Crippen LogP contribution is -2.45. The molecule has 0 saturated heterocycles. The molecule has 1 aromatic heterocycles. The number of amides is 1. The number of fused-ring (bicyclic) bond motifs is 1. The van der Waals surface area contributed by atoms with Crippen molar-refractivity contribution in [2.75, 3.05) is 0 Å². The van der Waals surface area contributed by atoms with E-state index in [-0.39, 0.29) is 23.2 Å². The number of nitrogens with one attached hydrogen (secondary N) is 1. The molecule has 6 nitrogen and oxygen atoms in total. The van der Waals surface area contributed by atoms with Crippen LogP contribution in [-0.2, 0) is 14.3 Å². The molecule has 0 radical (unpaired) electrons. The number of aromatic nitrogens is 2. The fourth-order valence-electron chi connectivity index (χ4n) is 3.73. The van der Waals surface area contributed by atoms with Crippen LogP contribution in [0.3, 0.4) is 0 Å². The van der Waals surface area contributed by atoms with Crippen molar-refractivity contribution in [1.82, 2.24) is 14.9 Å². The lowest BCUT2D eigenvalue weighted by atomic mass is 9.98. The molecule has 2 aromatic rings. The van der Waals surface area contributed by atoms with Gasteiger partial charge >= 0.3 is 12.5 Å². The van der Waals surface area contributed by atoms with Crippen molar-refractivity contribution in [1.29, 1.82) is 0 Å². The minimum atomic E-state index is -2.81. The van der Waals surface area contributed by atoms with Crippen molar-refractivity contribution in [2.45, 2.75) is 58.2 Å². The van der Waals surface area contributed by atoms with Gasteiger partial charge in [0, 0.05) is 6.92 Å². The molecule has 1 aromatic carbocycles. The molecule has 1 heterocycles. The molecule has 1 amide bonds. The molecule has 1 fully saturated rings. The highest BCUT2D eigenvalue weighted by atomic mass is 19.3. The van der Waals surface area contributed by atoms with Crippen LogP contribution in [0.4, 0.5) is 8.78 Å². The van der Waals surface area contributed by atoms with Crippen molar-refractivity contribution in [3.05, 3.63) is 30.1 Å². The van der Waals surface area contributed by atoms with Gasteiger partial charge in [-0.25, -0.2) is 9.78 Å². The van der Waals surface area contributed by atoms with E-state index in [9.17, 15) is 18.4 Å². The maximum atomic E-state index is 13.6. The van der Waals surface area contributed by atoms with Gasteiger partial charge in [0.15, 0.2) is 11.9 Å². The quantitative estimate of drug-likeness (QED) is 0.776. The molecular weight excluding hydrogens is 356 g/mol. The van der Waals surface area contributed by atoms with E-state index in [2.05, 4.69) is 10.3 Å². The van der Waals surface area contributed by atoms with E-state index in [0.29, 0.717) is 5.52 Å². The summed E-state index contributed by atoms with van der Waals surface area (Å²) in [6.45, 7) is 0.0429. The van der Waals surface area contributed by atoms with Crippen LogP contribution in [0.1, 0.15) is 58.0 Å². The zero-order valence-corrected chi connectivity index (χ0v) is 15.3. The van der Waals surface area contributed by atoms with Crippen molar-refractivity contribution < 1.29 is 23.1 Å². The Morgan fingerprint density at radius 1 is 1.26 bits per heavy atom. The minimum Gasteiger partial charge on any atom is -0.453 e. The maximum absolute atomic E-state index is 13.6. The number of imidazole rings is 1. The molecule has 27 heavy (non-hydrogen) atoms. The molecule has 2 unspecified atom stereocenters. The number of ether oxygens (including phenoxy) is 1. The topological polar surface area (TPSA) is 73.2 Å². The van der Waals surface area contributed by atoms with Gasteiger partial charge in [-0.2, -0.15) is 8.78 Å². The van der Waals surface area contributed by atoms with Crippen molar-refractivity contribution in [2.24, 2.45) is 5.92 Å². The Morgan fingerprint density at radius 3 is 2.56 bits per heavy atom. The smallest absolute Gasteiger partial charge is 0.329 e. The highest BCUT2D eigenvalue weighted by Gasteiger charge is 2.34. The number of nitrogens with zero attached hydrogens (tertiary/aromatic N) is 2. The third-order valence-electron chi connectivity index (χ3n) is 4.96. The van der Waals surface area contributed by atoms with Crippen LogP contribution in [0, 0.1) is 5.92 Å². The number of hydrogen-bond donors (Lipinski definition) is 1. The monoisotopic (exact) mass is 379 g/mol. The molecule has 1 N–H and O–H groups in total. The number of alkyl halides is 2. The van der Waals surface area contributed by atoms with Crippen LogP contribution >= 0.6 is 0 Å². The molecule has 3 rings (SSSR count). The van der Waals surface area contributed by atoms with Gasteiger partial charge in [-0.05, 0) is 37.8 Å². The molecule has 0 bridgehead atoms. The van der Waals surface area contributed by atoms with Crippen LogP contribution in [0.15, 0.2) is 24.3 Å². The molecule has 0 aliphatic heterocycles. The lowest BCUT2D eigenvalue weighted by molar-refractivity contribution is -0.154. The highest BCUT2D eigenvalue weighted by molar-refractivity contribution is 5.83. The van der Waals surface area contributed by atoms with E-state index >= 15 is 0 Å². The van der Waals surface area contributed by atoms with E-state index in [0.717, 1.165) is 30.3 Å². The van der Waals surface area contributed by atoms with Gasteiger partial charge in [0.05, 0.1) is 11.0 Å². The van der Waals surface area contributed by atoms with Gasteiger partial charge in [0.25, 0.3) is 0 Å². The Hall–Kier alpha value is -2.51. The first-order valence-corrected chi connectivity index (χ1v) is 9.11. The summed E-state index contributed by atoms with van der Waals surface area (Å²) in [6.07, 6.45) is 2.65. The maximum Gasteiger partial charge on any atom is 0.329 e. The first kappa shape index (κ1) is 19.3. The first-order chi connectivity index (χ1) is 12.9. The van der Waals surface area contributed by atoms with Gasteiger partial charge in [-0.3, -0.25) is 9.36 Å². The molecule has 0 spiro atoms. The number of carbonyl (C=O) groups is 2. The third-order valence-corrected chi connectivity index (χ3v) is 4.96. The zero-order chi connectivity index (χ0) is 19.6. The van der Waals surface area contributed by atoms with Gasteiger partial charge in [-0.15, -0.1) is 0 Å². The minimum absolute atomic E-state index is 0.00233. The Kier molecular flexibility index (Phi) is 5.72. The standard InChI is InChI=1S/C19H23F2N3O3/c1-11(17-23-14-9-5-6-10-15(14)24(17)19(20)21)27-18(26)16(22-12(2)25)13-7-3-4-8-13/h5-6,9-11,13,16,19H,3-4,7-8H2,1-2H3,(H,22,25). The predicted octanol–water partition coefficient (Wildman–Crippen LogP) is 3.73. The van der Waals surface area contributed by atoms with Gasteiger partial charge in [0.1, 0.15) is 6.04 Å². The average Bonchev–Trinajstić information content (AvgIpc) is 3.26. The molecule has 2 atom stereocenters. The van der Waals surface area contributed by atoms with Crippen LogP contribution in [0.5, 0.6) is 0 Å². The molecule has 8 heteroatoms. The summed E-state index contributed by atoms with van der Waals surface area (Å²) in [4.78, 5) is 28.4. The summed E-state index contributed by atoms with van der Waals surface area (Å²) in [5, 5.41) is 2.65. The highest BCUT2D eigenvalue weighted by Crippen LogP contribution is 2.31. The molecule has 1 aliphatic carbocycles. The van der Waals surface area contributed by atoms with Gasteiger partial charge in [-0.1, -0.05) is 25.0 Å². The number of hydrogen-bond acceptors (Lipinski definition) is 4. The summed E-state index contributed by atoms with van der Waals surface area (Å²) in [5.41, 5.74) is 0.685. The fourth-order valence-corrected chi connectivity index (χ4v) is 3.73. The first-order valence-electron chi connectivity index (χ1n) is 9.11. The van der Waals surface area contributed by atoms with E-state index in [1.54, 1.807) is 24.3 Å². The van der Waals surface area contributed by atoms with Gasteiger partial charge in [0.2, 0.25) is 5.91 Å². The normalized spacial score (nSPS) is 17.2. The number of para-hydroxylation sites is 2. The second-order valence-corrected chi connectivity index (χ2v) is 6.91. The lowest BCUT2D eigenvalue weighted by Gasteiger charge is -2.24. The SMILES string of the molecule is CC(=O)NC(C(=O)OC(C)c1nc2ccccc2n1C(F)F)C1CCCC1. The zero-order valence-electron chi connectivity index (χ0n) is 15.3. The summed E-state index contributed by atoms with van der Waals surface area (Å²) in [6, 6.07) is 5.77. The predicted molar refractivity (Wildman–Crippen MR) is 95.1 cm³/mol. The fraction of sp³-hybridized carbons (Fsp3) is 0.526. The Bertz CT molecular complexity index is 831. The Labute approximate surface area is 155 Å². The van der Waals surface area contributed by atoms with Crippen molar-refractivity contribution >= 4 is 22.9 Å². The number of halogens is 2. The van der Waals surface area contributed by atoms with Crippen LogP contribution in [-0.4, -0.2) is 27.5 Å². The van der Waals surface area contributed by atoms with Gasteiger partial charge < -0.3 is 10.1 Å². The average molecular weight is 379 g/mol. The molecule has 1 aliphatic rings. The van der Waals surface area contributed by atoms with E-state index < -0.39 is 24.7 Å². The van der Waals surface area contributed by atoms with Crippen molar-refractivity contribution in [3.63, 3.8) is 0 Å². The largest absolute Gasteiger partial charge is 0.453 e. The summed E-state index contributed by atoms with van der Waals surface area (Å²) in [5.74, 6) is -0.955. The number of carbonyl (C=O) groups excluding carboxylic acids is 2. The molecule has 146 valence electrons. The van der Waals surface area contributed by atoms with Crippen LogP contribution < -0.4 is 5.32 Å². The summed E-state index contributed by atoms with van der Waals surface area (Å²) >= 11 is 0. The molecular formula is C19H23F2N3O3. The Balaban J connectivity index is 1.84. The van der Waals surface area contributed by atoms with Crippen LogP contribution in [0.25, 0.3) is 11.0 Å². The van der Waals surface area contributed by atoms with Crippen LogP contribution in [0.2, 0.25) is 0 Å². The number of rotatable bonds is 6. The summed E-state index contributed by atoms with van der Waals surface area (Å²) < 4.78 is 33.4. The third kappa shape index (κ3) is 4.09. The number of esters is 1. The summed E-state index contributed by atoms with van der Waals surface area (Å²) in [7, 11) is 0.